The number of benzene rings is 2. The van der Waals surface area contributed by atoms with Crippen molar-refractivity contribution < 1.29 is 9.18 Å². The van der Waals surface area contributed by atoms with E-state index in [1.54, 1.807) is 0 Å². The van der Waals surface area contributed by atoms with Crippen molar-refractivity contribution in [2.75, 3.05) is 5.32 Å². The summed E-state index contributed by atoms with van der Waals surface area (Å²) in [6, 6.07) is 12.0. The minimum atomic E-state index is -0.458. The Morgan fingerprint density at radius 1 is 1.33 bits per heavy atom. The van der Waals surface area contributed by atoms with E-state index in [1.165, 1.54) is 12.1 Å². The second kappa shape index (κ2) is 7.05. The molecule has 2 aromatic carbocycles. The van der Waals surface area contributed by atoms with Crippen molar-refractivity contribution in [3.63, 3.8) is 0 Å². The Kier molecular flexibility index (Phi) is 5.37. The minimum absolute atomic E-state index is 0.165. The molecule has 0 aromatic heterocycles. The molecule has 0 saturated heterocycles. The molecule has 0 spiro atoms. The van der Waals surface area contributed by atoms with Crippen molar-refractivity contribution in [3.05, 3.63) is 63.3 Å². The van der Waals surface area contributed by atoms with Crippen molar-refractivity contribution in [2.24, 2.45) is 0 Å². The SMILES string of the molecule is CCC(C(=O)Nc1c(Cl)cc(F)cc1Br)c1ccccc1. The Hall–Kier alpha value is -1.39. The van der Waals surface area contributed by atoms with Crippen LogP contribution in [0.3, 0.4) is 0 Å². The summed E-state index contributed by atoms with van der Waals surface area (Å²) in [7, 11) is 0. The molecule has 1 atom stereocenters. The Labute approximate surface area is 136 Å². The van der Waals surface area contributed by atoms with E-state index in [0.717, 1.165) is 5.56 Å². The third-order valence-corrected chi connectivity index (χ3v) is 4.11. The molecule has 0 radical (unpaired) electrons. The summed E-state index contributed by atoms with van der Waals surface area (Å²) in [5.74, 6) is -0.905. The summed E-state index contributed by atoms with van der Waals surface area (Å²) in [4.78, 5) is 12.4. The van der Waals surface area contributed by atoms with Crippen LogP contribution in [0.2, 0.25) is 5.02 Å². The molecule has 2 rings (SSSR count). The van der Waals surface area contributed by atoms with E-state index in [-0.39, 0.29) is 16.8 Å². The number of nitrogens with one attached hydrogen (secondary N) is 1. The molecule has 0 aliphatic rings. The number of anilines is 1. The summed E-state index contributed by atoms with van der Waals surface area (Å²) >= 11 is 9.20. The zero-order valence-corrected chi connectivity index (χ0v) is 13.7. The summed E-state index contributed by atoms with van der Waals surface area (Å²) in [5, 5.41) is 2.94. The smallest absolute Gasteiger partial charge is 0.231 e. The normalized spacial score (nSPS) is 12.0. The summed E-state index contributed by atoms with van der Waals surface area (Å²) in [5.41, 5.74) is 1.32. The molecular weight excluding hydrogens is 357 g/mol. The number of rotatable bonds is 4. The molecule has 0 saturated carbocycles. The summed E-state index contributed by atoms with van der Waals surface area (Å²) < 4.78 is 13.6. The number of carbonyl (C=O) groups is 1. The molecular formula is C16H14BrClFNO. The van der Waals surface area contributed by atoms with Gasteiger partial charge < -0.3 is 5.32 Å². The molecule has 21 heavy (non-hydrogen) atoms. The molecule has 110 valence electrons. The van der Waals surface area contributed by atoms with Crippen LogP contribution in [0.15, 0.2) is 46.9 Å². The lowest BCUT2D eigenvalue weighted by molar-refractivity contribution is -0.117. The summed E-state index contributed by atoms with van der Waals surface area (Å²) in [6.45, 7) is 1.94. The van der Waals surface area contributed by atoms with Gasteiger partial charge in [0.2, 0.25) is 5.91 Å². The maximum atomic E-state index is 13.2. The fourth-order valence-electron chi connectivity index (χ4n) is 2.13. The van der Waals surface area contributed by atoms with E-state index in [1.807, 2.05) is 37.3 Å². The molecule has 2 nitrogen and oxygen atoms in total. The predicted octanol–water partition coefficient (Wildman–Crippen LogP) is 5.37. The van der Waals surface area contributed by atoms with Crippen LogP contribution in [0.1, 0.15) is 24.8 Å². The van der Waals surface area contributed by atoms with Crippen LogP contribution in [0, 0.1) is 5.82 Å². The van der Waals surface area contributed by atoms with E-state index in [0.29, 0.717) is 16.6 Å². The lowest BCUT2D eigenvalue weighted by Crippen LogP contribution is -2.21. The lowest BCUT2D eigenvalue weighted by atomic mass is 9.95. The molecule has 1 amide bonds. The van der Waals surface area contributed by atoms with Crippen LogP contribution in [0.25, 0.3) is 0 Å². The van der Waals surface area contributed by atoms with E-state index >= 15 is 0 Å². The van der Waals surface area contributed by atoms with Gasteiger partial charge in [-0.1, -0.05) is 48.9 Å². The molecule has 0 fully saturated rings. The summed E-state index contributed by atoms with van der Waals surface area (Å²) in [6.07, 6.45) is 0.659. The predicted molar refractivity (Wildman–Crippen MR) is 87.2 cm³/mol. The molecule has 1 N–H and O–H groups in total. The van der Waals surface area contributed by atoms with Gasteiger partial charge in [0.05, 0.1) is 16.6 Å². The highest BCUT2D eigenvalue weighted by Gasteiger charge is 2.20. The van der Waals surface area contributed by atoms with E-state index in [2.05, 4.69) is 21.2 Å². The fourth-order valence-corrected chi connectivity index (χ4v) is 3.03. The van der Waals surface area contributed by atoms with Gasteiger partial charge in [-0.05, 0) is 40.0 Å². The topological polar surface area (TPSA) is 29.1 Å². The highest BCUT2D eigenvalue weighted by Crippen LogP contribution is 2.33. The second-order valence-electron chi connectivity index (χ2n) is 4.61. The monoisotopic (exact) mass is 369 g/mol. The van der Waals surface area contributed by atoms with Gasteiger partial charge in [-0.3, -0.25) is 4.79 Å². The average Bonchev–Trinajstić information content (AvgIpc) is 2.45. The third kappa shape index (κ3) is 3.83. The van der Waals surface area contributed by atoms with Crippen LogP contribution >= 0.6 is 27.5 Å². The van der Waals surface area contributed by atoms with E-state index in [9.17, 15) is 9.18 Å². The number of halogens is 3. The number of carbonyl (C=O) groups excluding carboxylic acids is 1. The van der Waals surface area contributed by atoms with E-state index < -0.39 is 5.82 Å². The number of hydrogen-bond acceptors (Lipinski definition) is 1. The quantitative estimate of drug-likeness (QED) is 0.770. The molecule has 2 aromatic rings. The maximum Gasteiger partial charge on any atom is 0.231 e. The molecule has 1 unspecified atom stereocenters. The van der Waals surface area contributed by atoms with Crippen molar-refractivity contribution in [1.82, 2.24) is 0 Å². The first-order chi connectivity index (χ1) is 10.0. The van der Waals surface area contributed by atoms with Gasteiger partial charge in [0.15, 0.2) is 0 Å². The Balaban J connectivity index is 2.25. The highest BCUT2D eigenvalue weighted by molar-refractivity contribution is 9.10. The van der Waals surface area contributed by atoms with Crippen LogP contribution in [-0.2, 0) is 4.79 Å². The zero-order chi connectivity index (χ0) is 15.4. The van der Waals surface area contributed by atoms with Gasteiger partial charge in [-0.25, -0.2) is 4.39 Å². The van der Waals surface area contributed by atoms with Gasteiger partial charge >= 0.3 is 0 Å². The number of amides is 1. The first-order valence-corrected chi connectivity index (χ1v) is 7.70. The van der Waals surface area contributed by atoms with Gasteiger partial charge in [-0.2, -0.15) is 0 Å². The van der Waals surface area contributed by atoms with Crippen molar-refractivity contribution in [3.8, 4) is 0 Å². The molecule has 0 bridgehead atoms. The maximum absolute atomic E-state index is 13.2. The first-order valence-electron chi connectivity index (χ1n) is 6.53. The number of hydrogen-bond donors (Lipinski definition) is 1. The molecule has 0 aliphatic carbocycles. The third-order valence-electron chi connectivity index (χ3n) is 3.18. The van der Waals surface area contributed by atoms with Gasteiger partial charge in [0.1, 0.15) is 5.82 Å². The standard InChI is InChI=1S/C16H14BrClFNO/c1-2-12(10-6-4-3-5-7-10)16(21)20-15-13(17)8-11(19)9-14(15)18/h3-9,12H,2H2,1H3,(H,20,21). The van der Waals surface area contributed by atoms with E-state index in [4.69, 9.17) is 11.6 Å². The van der Waals surface area contributed by atoms with Gasteiger partial charge in [0.25, 0.3) is 0 Å². The zero-order valence-electron chi connectivity index (χ0n) is 11.4. The minimum Gasteiger partial charge on any atom is -0.323 e. The molecule has 0 aliphatic heterocycles. The van der Waals surface area contributed by atoms with Crippen LogP contribution in [-0.4, -0.2) is 5.91 Å². The van der Waals surface area contributed by atoms with Crippen LogP contribution in [0.5, 0.6) is 0 Å². The van der Waals surface area contributed by atoms with Crippen molar-refractivity contribution in [2.45, 2.75) is 19.3 Å². The largest absolute Gasteiger partial charge is 0.323 e. The highest BCUT2D eigenvalue weighted by atomic mass is 79.9. The Morgan fingerprint density at radius 2 is 2.00 bits per heavy atom. The van der Waals surface area contributed by atoms with Crippen LogP contribution < -0.4 is 5.32 Å². The fraction of sp³-hybridized carbons (Fsp3) is 0.188. The Bertz CT molecular complexity index is 625. The molecule has 0 heterocycles. The Morgan fingerprint density at radius 3 is 2.57 bits per heavy atom. The van der Waals surface area contributed by atoms with Crippen molar-refractivity contribution >= 4 is 39.1 Å². The first kappa shape index (κ1) is 16.0. The van der Waals surface area contributed by atoms with Crippen molar-refractivity contribution in [1.29, 1.82) is 0 Å². The van der Waals surface area contributed by atoms with Crippen LogP contribution in [0.4, 0.5) is 10.1 Å². The second-order valence-corrected chi connectivity index (χ2v) is 5.87. The van der Waals surface area contributed by atoms with Gasteiger partial charge in [-0.15, -0.1) is 0 Å². The average molecular weight is 371 g/mol. The van der Waals surface area contributed by atoms with Gasteiger partial charge in [0, 0.05) is 4.47 Å². The lowest BCUT2D eigenvalue weighted by Gasteiger charge is -2.17. The molecule has 5 heteroatoms.